The van der Waals surface area contributed by atoms with E-state index in [1.807, 2.05) is 23.9 Å². The van der Waals surface area contributed by atoms with Crippen molar-refractivity contribution in [2.45, 2.75) is 32.2 Å². The van der Waals surface area contributed by atoms with Gasteiger partial charge in [0.15, 0.2) is 0 Å². The summed E-state index contributed by atoms with van der Waals surface area (Å²) in [6.45, 7) is 3.18. The highest BCUT2D eigenvalue weighted by atomic mass is 16.3. The summed E-state index contributed by atoms with van der Waals surface area (Å²) in [4.78, 5) is 20.0. The summed E-state index contributed by atoms with van der Waals surface area (Å²) in [5.74, 6) is 0.783. The quantitative estimate of drug-likeness (QED) is 0.796. The van der Waals surface area contributed by atoms with Crippen LogP contribution in [0.2, 0.25) is 0 Å². The van der Waals surface area contributed by atoms with Gasteiger partial charge in [0.2, 0.25) is 5.91 Å². The average Bonchev–Trinajstić information content (AvgIpc) is 3.05. The van der Waals surface area contributed by atoms with Gasteiger partial charge in [-0.15, -0.1) is 0 Å². The van der Waals surface area contributed by atoms with Crippen LogP contribution in [0.4, 0.5) is 5.82 Å². The molecule has 1 atom stereocenters. The summed E-state index contributed by atoms with van der Waals surface area (Å²) in [6.07, 6.45) is 0.961. The van der Waals surface area contributed by atoms with Crippen molar-refractivity contribution in [3.8, 4) is 0 Å². The lowest BCUT2D eigenvalue weighted by atomic mass is 10.1. The van der Waals surface area contributed by atoms with Gasteiger partial charge in [-0.2, -0.15) is 5.10 Å². The van der Waals surface area contributed by atoms with E-state index in [2.05, 4.69) is 26.4 Å². The Bertz CT molecular complexity index is 773. The standard InChI is InChI=1S/C18H26N6O2/c1-19-18-13(5-4-6-20-18)11-23-7-8-24-14(12-23)9-15(21-24)16(25)10-17(26)22(2)3/h4-6,9,16,25H,7-8,10-12H2,1-3H3,(H,19,20)/t16-/m0/s1. The number of amides is 1. The summed E-state index contributed by atoms with van der Waals surface area (Å²) < 4.78 is 1.93. The van der Waals surface area contributed by atoms with Crippen LogP contribution in [0, 0.1) is 0 Å². The number of fused-ring (bicyclic) bond motifs is 1. The third kappa shape index (κ3) is 4.03. The van der Waals surface area contributed by atoms with Gasteiger partial charge in [-0.05, 0) is 12.1 Å². The Hall–Kier alpha value is -2.45. The highest BCUT2D eigenvalue weighted by Gasteiger charge is 2.23. The second-order valence-electron chi connectivity index (χ2n) is 6.76. The van der Waals surface area contributed by atoms with Crippen molar-refractivity contribution in [2.75, 3.05) is 33.0 Å². The number of aliphatic hydroxyl groups excluding tert-OH is 1. The molecule has 0 spiro atoms. The molecule has 1 aliphatic heterocycles. The van der Waals surface area contributed by atoms with Crippen LogP contribution < -0.4 is 5.32 Å². The van der Waals surface area contributed by atoms with Crippen LogP contribution in [-0.2, 0) is 24.4 Å². The molecule has 2 aromatic heterocycles. The van der Waals surface area contributed by atoms with Gasteiger partial charge in [0, 0.05) is 52.5 Å². The van der Waals surface area contributed by atoms with E-state index in [9.17, 15) is 9.90 Å². The van der Waals surface area contributed by atoms with E-state index in [-0.39, 0.29) is 12.3 Å². The maximum Gasteiger partial charge on any atom is 0.225 e. The van der Waals surface area contributed by atoms with E-state index >= 15 is 0 Å². The lowest BCUT2D eigenvalue weighted by Crippen LogP contribution is -2.33. The molecule has 0 bridgehead atoms. The molecular weight excluding hydrogens is 332 g/mol. The van der Waals surface area contributed by atoms with Crippen molar-refractivity contribution >= 4 is 11.7 Å². The number of rotatable bonds is 6. The molecule has 0 saturated heterocycles. The SMILES string of the molecule is CNc1ncccc1CN1CCn2nc([C@@H](O)CC(=O)N(C)C)cc2C1. The largest absolute Gasteiger partial charge is 0.386 e. The number of hydrogen-bond acceptors (Lipinski definition) is 6. The molecule has 2 aromatic rings. The minimum atomic E-state index is -0.870. The Balaban J connectivity index is 1.67. The van der Waals surface area contributed by atoms with Crippen molar-refractivity contribution in [1.29, 1.82) is 0 Å². The predicted octanol–water partition coefficient (Wildman–Crippen LogP) is 0.847. The summed E-state index contributed by atoms with van der Waals surface area (Å²) in [5, 5.41) is 17.9. The van der Waals surface area contributed by atoms with Crippen molar-refractivity contribution in [1.82, 2.24) is 24.6 Å². The Morgan fingerprint density at radius 2 is 2.23 bits per heavy atom. The average molecular weight is 358 g/mol. The number of pyridine rings is 1. The van der Waals surface area contributed by atoms with Crippen molar-refractivity contribution in [2.24, 2.45) is 0 Å². The van der Waals surface area contributed by atoms with E-state index < -0.39 is 6.10 Å². The number of carbonyl (C=O) groups excluding carboxylic acids is 1. The van der Waals surface area contributed by atoms with E-state index in [0.29, 0.717) is 5.69 Å². The van der Waals surface area contributed by atoms with Gasteiger partial charge < -0.3 is 15.3 Å². The number of carbonyl (C=O) groups is 1. The van der Waals surface area contributed by atoms with Crippen LogP contribution in [0.15, 0.2) is 24.4 Å². The van der Waals surface area contributed by atoms with Gasteiger partial charge in [0.25, 0.3) is 0 Å². The molecule has 0 fully saturated rings. The van der Waals surface area contributed by atoms with Gasteiger partial charge >= 0.3 is 0 Å². The topological polar surface area (TPSA) is 86.5 Å². The predicted molar refractivity (Wildman–Crippen MR) is 98.4 cm³/mol. The summed E-state index contributed by atoms with van der Waals surface area (Å²) >= 11 is 0. The molecule has 0 saturated carbocycles. The monoisotopic (exact) mass is 358 g/mol. The zero-order valence-corrected chi connectivity index (χ0v) is 15.5. The molecule has 140 valence electrons. The second kappa shape index (κ2) is 7.84. The molecule has 1 aliphatic rings. The van der Waals surface area contributed by atoms with Crippen LogP contribution >= 0.6 is 0 Å². The third-order valence-electron chi connectivity index (χ3n) is 4.63. The molecule has 26 heavy (non-hydrogen) atoms. The molecule has 0 unspecified atom stereocenters. The number of nitrogens with one attached hydrogen (secondary N) is 1. The first-order valence-electron chi connectivity index (χ1n) is 8.76. The lowest BCUT2D eigenvalue weighted by molar-refractivity contribution is -0.130. The van der Waals surface area contributed by atoms with E-state index in [0.717, 1.165) is 43.3 Å². The Morgan fingerprint density at radius 1 is 1.42 bits per heavy atom. The van der Waals surface area contributed by atoms with Crippen molar-refractivity contribution in [3.63, 3.8) is 0 Å². The second-order valence-corrected chi connectivity index (χ2v) is 6.76. The Kier molecular flexibility index (Phi) is 5.53. The highest BCUT2D eigenvalue weighted by Crippen LogP contribution is 2.22. The first kappa shape index (κ1) is 18.3. The normalized spacial score (nSPS) is 15.4. The highest BCUT2D eigenvalue weighted by molar-refractivity contribution is 5.76. The molecule has 2 N–H and O–H groups in total. The van der Waals surface area contributed by atoms with Gasteiger partial charge in [-0.3, -0.25) is 14.4 Å². The third-order valence-corrected chi connectivity index (χ3v) is 4.63. The number of aromatic nitrogens is 3. The smallest absolute Gasteiger partial charge is 0.225 e. The fourth-order valence-corrected chi connectivity index (χ4v) is 3.13. The van der Waals surface area contributed by atoms with E-state index in [1.54, 1.807) is 20.3 Å². The summed E-state index contributed by atoms with van der Waals surface area (Å²) in [5.41, 5.74) is 2.77. The molecule has 1 amide bonds. The summed E-state index contributed by atoms with van der Waals surface area (Å²) in [6, 6.07) is 5.93. The molecule has 0 aromatic carbocycles. The fraction of sp³-hybridized carbons (Fsp3) is 0.500. The number of nitrogens with zero attached hydrogens (tertiary/aromatic N) is 5. The fourth-order valence-electron chi connectivity index (χ4n) is 3.13. The molecule has 8 nitrogen and oxygen atoms in total. The van der Waals surface area contributed by atoms with Gasteiger partial charge in [0.1, 0.15) is 11.9 Å². The van der Waals surface area contributed by atoms with Crippen molar-refractivity contribution < 1.29 is 9.90 Å². The number of anilines is 1. The first-order chi connectivity index (χ1) is 12.5. The van der Waals surface area contributed by atoms with E-state index in [1.165, 1.54) is 4.90 Å². The van der Waals surface area contributed by atoms with Crippen LogP contribution in [0.1, 0.15) is 29.5 Å². The minimum Gasteiger partial charge on any atom is -0.386 e. The molecular formula is C18H26N6O2. The number of aliphatic hydroxyl groups is 1. The lowest BCUT2D eigenvalue weighted by Gasteiger charge is -2.27. The van der Waals surface area contributed by atoms with Crippen LogP contribution in [-0.4, -0.2) is 63.3 Å². The van der Waals surface area contributed by atoms with Gasteiger partial charge in [0.05, 0.1) is 24.4 Å². The maximum absolute atomic E-state index is 11.8. The molecule has 0 aliphatic carbocycles. The molecule has 3 heterocycles. The van der Waals surface area contributed by atoms with Crippen LogP contribution in [0.5, 0.6) is 0 Å². The Labute approximate surface area is 153 Å². The molecule has 3 rings (SSSR count). The minimum absolute atomic E-state index is 0.0500. The van der Waals surface area contributed by atoms with E-state index in [4.69, 9.17) is 0 Å². The van der Waals surface area contributed by atoms with Crippen LogP contribution in [0.3, 0.4) is 0 Å². The Morgan fingerprint density at radius 3 is 2.96 bits per heavy atom. The van der Waals surface area contributed by atoms with Gasteiger partial charge in [-0.1, -0.05) is 6.07 Å². The van der Waals surface area contributed by atoms with Crippen molar-refractivity contribution in [3.05, 3.63) is 41.3 Å². The zero-order valence-electron chi connectivity index (χ0n) is 15.5. The van der Waals surface area contributed by atoms with Crippen LogP contribution in [0.25, 0.3) is 0 Å². The molecule has 8 heteroatoms. The molecule has 0 radical (unpaired) electrons. The summed E-state index contributed by atoms with van der Waals surface area (Å²) in [7, 11) is 5.24. The van der Waals surface area contributed by atoms with Gasteiger partial charge in [-0.25, -0.2) is 4.98 Å². The zero-order chi connectivity index (χ0) is 18.7. The number of hydrogen-bond donors (Lipinski definition) is 2. The maximum atomic E-state index is 11.8. The first-order valence-corrected chi connectivity index (χ1v) is 8.76.